The minimum absolute atomic E-state index is 0.0814. The van der Waals surface area contributed by atoms with Gasteiger partial charge in [0.05, 0.1) is 17.6 Å². The monoisotopic (exact) mass is 318 g/mol. The molecule has 7 heteroatoms. The third-order valence-corrected chi connectivity index (χ3v) is 3.84. The number of furan rings is 1. The first-order chi connectivity index (χ1) is 10.6. The summed E-state index contributed by atoms with van der Waals surface area (Å²) in [6.07, 6.45) is 1.67. The molecule has 0 saturated heterocycles. The van der Waals surface area contributed by atoms with E-state index in [-0.39, 0.29) is 11.6 Å². The molecule has 2 heterocycles. The van der Waals surface area contributed by atoms with Crippen molar-refractivity contribution in [3.8, 4) is 11.3 Å². The van der Waals surface area contributed by atoms with Gasteiger partial charge in [-0.3, -0.25) is 0 Å². The Labute approximate surface area is 129 Å². The number of carboxylic acid groups (broad SMARTS) is 1. The van der Waals surface area contributed by atoms with Crippen molar-refractivity contribution in [2.75, 3.05) is 0 Å². The maximum Gasteiger partial charge on any atom is 0.371 e. The fourth-order valence-electron chi connectivity index (χ4n) is 1.86. The van der Waals surface area contributed by atoms with Crippen LogP contribution < -0.4 is 0 Å². The van der Waals surface area contributed by atoms with Crippen LogP contribution in [0.1, 0.15) is 16.3 Å². The van der Waals surface area contributed by atoms with E-state index in [1.807, 2.05) is 0 Å². The molecule has 0 aliphatic rings. The summed E-state index contributed by atoms with van der Waals surface area (Å²) in [6.45, 7) is 0. The molecule has 2 N–H and O–H groups in total. The van der Waals surface area contributed by atoms with E-state index >= 15 is 0 Å². The smallest absolute Gasteiger partial charge is 0.371 e. The van der Waals surface area contributed by atoms with E-state index in [4.69, 9.17) is 9.52 Å². The van der Waals surface area contributed by atoms with Crippen LogP contribution in [-0.2, 0) is 5.75 Å². The lowest BCUT2D eigenvalue weighted by atomic mass is 10.2. The molecule has 0 saturated carbocycles. The molecule has 0 aliphatic carbocycles. The van der Waals surface area contributed by atoms with Crippen LogP contribution in [0.3, 0.4) is 0 Å². The molecular formula is C15H11FN2O3S. The third-order valence-electron chi connectivity index (χ3n) is 2.93. The number of aromatic nitrogens is 2. The quantitative estimate of drug-likeness (QED) is 0.700. The Kier molecular flexibility index (Phi) is 3.97. The van der Waals surface area contributed by atoms with Gasteiger partial charge in [-0.1, -0.05) is 11.8 Å². The Morgan fingerprint density at radius 2 is 2.05 bits per heavy atom. The Morgan fingerprint density at radius 1 is 1.27 bits per heavy atom. The molecule has 0 radical (unpaired) electrons. The summed E-state index contributed by atoms with van der Waals surface area (Å²) in [5.41, 5.74) is 1.63. The molecule has 0 bridgehead atoms. The highest BCUT2D eigenvalue weighted by Crippen LogP contribution is 2.25. The first-order valence-electron chi connectivity index (χ1n) is 6.37. The number of imidazole rings is 1. The van der Waals surface area contributed by atoms with E-state index in [1.165, 1.54) is 30.0 Å². The van der Waals surface area contributed by atoms with Gasteiger partial charge in [-0.25, -0.2) is 14.2 Å². The van der Waals surface area contributed by atoms with E-state index in [0.29, 0.717) is 16.7 Å². The fourth-order valence-corrected chi connectivity index (χ4v) is 2.61. The second kappa shape index (κ2) is 6.07. The van der Waals surface area contributed by atoms with E-state index in [2.05, 4.69) is 9.97 Å². The second-order valence-electron chi connectivity index (χ2n) is 4.47. The first-order valence-corrected chi connectivity index (χ1v) is 7.36. The highest BCUT2D eigenvalue weighted by Gasteiger charge is 2.10. The number of H-pyrrole nitrogens is 1. The van der Waals surface area contributed by atoms with Gasteiger partial charge in [-0.15, -0.1) is 0 Å². The standard InChI is InChI=1S/C15H11FN2O3S/c16-10-3-1-9(2-4-10)12-7-17-15(18-12)22-8-11-5-6-13(21-11)14(19)20/h1-7H,8H2,(H,17,18)(H,19,20). The number of aromatic carboxylic acids is 1. The average Bonchev–Trinajstić information content (AvgIpc) is 3.15. The largest absolute Gasteiger partial charge is 0.475 e. The van der Waals surface area contributed by atoms with Crippen LogP contribution in [0.2, 0.25) is 0 Å². The summed E-state index contributed by atoms with van der Waals surface area (Å²) in [5, 5.41) is 9.46. The average molecular weight is 318 g/mol. The van der Waals surface area contributed by atoms with Gasteiger partial charge in [0.25, 0.3) is 0 Å². The SMILES string of the molecule is O=C(O)c1ccc(CSc2ncc(-c3ccc(F)cc3)[nH]2)o1. The molecule has 0 spiro atoms. The summed E-state index contributed by atoms with van der Waals surface area (Å²) >= 11 is 1.39. The molecule has 3 rings (SSSR count). The van der Waals surface area contributed by atoms with E-state index in [1.54, 1.807) is 24.4 Å². The molecule has 0 unspecified atom stereocenters. The molecule has 0 atom stereocenters. The minimum Gasteiger partial charge on any atom is -0.475 e. The van der Waals surface area contributed by atoms with Crippen LogP contribution in [0.4, 0.5) is 4.39 Å². The zero-order valence-electron chi connectivity index (χ0n) is 11.2. The van der Waals surface area contributed by atoms with Gasteiger partial charge in [0, 0.05) is 0 Å². The van der Waals surface area contributed by atoms with Gasteiger partial charge in [0.15, 0.2) is 5.16 Å². The summed E-state index contributed by atoms with van der Waals surface area (Å²) < 4.78 is 18.1. The summed E-state index contributed by atoms with van der Waals surface area (Å²) in [5.74, 6) is -0.439. The van der Waals surface area contributed by atoms with Crippen LogP contribution in [0.15, 0.2) is 52.2 Å². The Hall–Kier alpha value is -2.54. The zero-order chi connectivity index (χ0) is 15.5. The number of benzene rings is 1. The van der Waals surface area contributed by atoms with Crippen molar-refractivity contribution in [3.05, 3.63) is 59.9 Å². The number of halogens is 1. The van der Waals surface area contributed by atoms with Gasteiger partial charge in [-0.05, 0) is 42.0 Å². The summed E-state index contributed by atoms with van der Waals surface area (Å²) in [6, 6.07) is 9.16. The Bertz CT molecular complexity index is 795. The van der Waals surface area contributed by atoms with Gasteiger partial charge in [-0.2, -0.15) is 0 Å². The maximum absolute atomic E-state index is 12.9. The van der Waals surface area contributed by atoms with E-state index in [9.17, 15) is 9.18 Å². The van der Waals surface area contributed by atoms with Gasteiger partial charge in [0.2, 0.25) is 5.76 Å². The number of thioether (sulfide) groups is 1. The van der Waals surface area contributed by atoms with Crippen molar-refractivity contribution >= 4 is 17.7 Å². The lowest BCUT2D eigenvalue weighted by Crippen LogP contribution is -1.91. The highest BCUT2D eigenvalue weighted by atomic mass is 32.2. The second-order valence-corrected chi connectivity index (χ2v) is 5.43. The minimum atomic E-state index is -1.09. The van der Waals surface area contributed by atoms with Crippen molar-refractivity contribution < 1.29 is 18.7 Å². The molecule has 22 heavy (non-hydrogen) atoms. The topological polar surface area (TPSA) is 79.1 Å². The Balaban J connectivity index is 1.66. The van der Waals surface area contributed by atoms with Crippen molar-refractivity contribution in [1.82, 2.24) is 9.97 Å². The molecule has 0 aliphatic heterocycles. The maximum atomic E-state index is 12.9. The van der Waals surface area contributed by atoms with Crippen LogP contribution in [-0.4, -0.2) is 21.0 Å². The number of nitrogens with zero attached hydrogens (tertiary/aromatic N) is 1. The predicted octanol–water partition coefficient (Wildman–Crippen LogP) is 3.80. The van der Waals surface area contributed by atoms with Crippen LogP contribution in [0.5, 0.6) is 0 Å². The van der Waals surface area contributed by atoms with Gasteiger partial charge in [0.1, 0.15) is 11.6 Å². The van der Waals surface area contributed by atoms with Crippen molar-refractivity contribution in [2.45, 2.75) is 10.9 Å². The molecule has 3 aromatic rings. The van der Waals surface area contributed by atoms with Crippen molar-refractivity contribution in [1.29, 1.82) is 0 Å². The number of aromatic amines is 1. The third kappa shape index (κ3) is 3.20. The zero-order valence-corrected chi connectivity index (χ0v) is 12.1. The number of hydrogen-bond donors (Lipinski definition) is 2. The number of nitrogens with one attached hydrogen (secondary N) is 1. The number of carbonyl (C=O) groups is 1. The van der Waals surface area contributed by atoms with Crippen molar-refractivity contribution in [3.63, 3.8) is 0 Å². The molecule has 2 aromatic heterocycles. The van der Waals surface area contributed by atoms with Crippen LogP contribution >= 0.6 is 11.8 Å². The predicted molar refractivity (Wildman–Crippen MR) is 79.2 cm³/mol. The normalized spacial score (nSPS) is 10.8. The molecule has 112 valence electrons. The first kappa shape index (κ1) is 14.4. The lowest BCUT2D eigenvalue weighted by molar-refractivity contribution is 0.0661. The van der Waals surface area contributed by atoms with Crippen LogP contribution in [0.25, 0.3) is 11.3 Å². The van der Waals surface area contributed by atoms with E-state index < -0.39 is 5.97 Å². The molecule has 0 fully saturated rings. The van der Waals surface area contributed by atoms with Crippen LogP contribution in [0, 0.1) is 5.82 Å². The number of carboxylic acids is 1. The summed E-state index contributed by atoms with van der Waals surface area (Å²) in [4.78, 5) is 18.1. The summed E-state index contributed by atoms with van der Waals surface area (Å²) in [7, 11) is 0. The lowest BCUT2D eigenvalue weighted by Gasteiger charge is -1.97. The van der Waals surface area contributed by atoms with E-state index in [0.717, 1.165) is 11.3 Å². The highest BCUT2D eigenvalue weighted by molar-refractivity contribution is 7.98. The molecule has 1 aromatic carbocycles. The van der Waals surface area contributed by atoms with Gasteiger partial charge >= 0.3 is 5.97 Å². The van der Waals surface area contributed by atoms with Gasteiger partial charge < -0.3 is 14.5 Å². The Morgan fingerprint density at radius 3 is 2.73 bits per heavy atom. The molecule has 0 amide bonds. The number of hydrogen-bond acceptors (Lipinski definition) is 4. The molecular weight excluding hydrogens is 307 g/mol. The molecule has 5 nitrogen and oxygen atoms in total. The fraction of sp³-hybridized carbons (Fsp3) is 0.0667. The van der Waals surface area contributed by atoms with Crippen molar-refractivity contribution in [2.24, 2.45) is 0 Å². The number of rotatable bonds is 5.